The van der Waals surface area contributed by atoms with Crippen LogP contribution in [0.5, 0.6) is 0 Å². The number of carboxylic acids is 1. The zero-order valence-corrected chi connectivity index (χ0v) is 37.6. The number of nitrogens with zero attached hydrogens (tertiary/aromatic N) is 1. The van der Waals surface area contributed by atoms with Crippen LogP contribution in [-0.2, 0) is 23.9 Å². The Balaban J connectivity index is 1.17. The molecular formula is C48H78N2O7. The molecule has 10 atom stereocenters. The molecule has 1 aliphatic heterocycles. The number of carboxylic acid groups (broad SMARTS) is 1. The lowest BCUT2D eigenvalue weighted by Crippen LogP contribution is -2.67. The molecule has 2 amide bonds. The zero-order valence-electron chi connectivity index (χ0n) is 37.6. The Kier molecular flexibility index (Phi) is 11.7. The minimum Gasteiger partial charge on any atom is -0.481 e. The number of esters is 1. The Morgan fingerprint density at radius 2 is 1.46 bits per heavy atom. The van der Waals surface area contributed by atoms with Crippen molar-refractivity contribution in [3.05, 3.63) is 12.2 Å². The molecule has 0 spiro atoms. The average molecular weight is 795 g/mol. The molecule has 9 nitrogen and oxygen atoms in total. The number of fused-ring (bicyclic) bond motifs is 7. The summed E-state index contributed by atoms with van der Waals surface area (Å²) >= 11 is 0. The van der Waals surface area contributed by atoms with Gasteiger partial charge in [0.1, 0.15) is 5.60 Å². The molecule has 6 aliphatic rings. The van der Waals surface area contributed by atoms with Crippen molar-refractivity contribution in [3.63, 3.8) is 0 Å². The van der Waals surface area contributed by atoms with Crippen LogP contribution in [0.25, 0.3) is 0 Å². The smallest absolute Gasteiger partial charge is 0.410 e. The third-order valence-electron chi connectivity index (χ3n) is 17.9. The van der Waals surface area contributed by atoms with E-state index in [2.05, 4.69) is 53.4 Å². The molecular weight excluding hydrogens is 717 g/mol. The first-order valence-corrected chi connectivity index (χ1v) is 22.6. The van der Waals surface area contributed by atoms with E-state index in [4.69, 9.17) is 9.47 Å². The van der Waals surface area contributed by atoms with E-state index in [1.54, 1.807) is 4.90 Å². The Hall–Kier alpha value is -2.58. The van der Waals surface area contributed by atoms with Gasteiger partial charge < -0.3 is 24.8 Å². The third-order valence-corrected chi connectivity index (χ3v) is 17.9. The molecule has 57 heavy (non-hydrogen) atoms. The lowest BCUT2D eigenvalue weighted by Gasteiger charge is -2.73. The number of carbonyl (C=O) groups excluding carboxylic acids is 3. The standard InChI is InChI=1S/C48H78N2O7/c1-30(2)33-16-22-48(40(54)49-32-18-25-50(26-19-32)41(55)57-42(3,4)5)24-23-46(11)34(39(33)48)13-14-36-45(10)20-15-31(44(8,9)35(45)17-21-47(36,46)12)29-56-38(53)28-43(6,7)27-37(51)52/h31-36,39H,1,13-29H2,2-12H3,(H,49,54)(H,51,52)/t31?,33-,34+,35-,36+,39+,45-,46+,47+,48-/m0/s1. The second-order valence-electron chi connectivity index (χ2n) is 23.2. The van der Waals surface area contributed by atoms with Gasteiger partial charge in [0.05, 0.1) is 24.9 Å². The third kappa shape index (κ3) is 7.82. The van der Waals surface area contributed by atoms with Crippen LogP contribution in [0.3, 0.4) is 0 Å². The maximum atomic E-state index is 14.8. The number of carbonyl (C=O) groups is 4. The van der Waals surface area contributed by atoms with Crippen molar-refractivity contribution in [2.75, 3.05) is 19.7 Å². The van der Waals surface area contributed by atoms with E-state index in [-0.39, 0.29) is 69.8 Å². The summed E-state index contributed by atoms with van der Waals surface area (Å²) in [6, 6.07) is 0.0673. The average Bonchev–Trinajstić information content (AvgIpc) is 3.48. The summed E-state index contributed by atoms with van der Waals surface area (Å²) in [4.78, 5) is 53.7. The molecule has 0 aromatic rings. The van der Waals surface area contributed by atoms with Gasteiger partial charge in [0.25, 0.3) is 0 Å². The molecule has 0 radical (unpaired) electrons. The molecule has 1 unspecified atom stereocenters. The number of likely N-dealkylation sites (tertiary alicyclic amines) is 1. The van der Waals surface area contributed by atoms with Crippen LogP contribution < -0.4 is 5.32 Å². The van der Waals surface area contributed by atoms with Gasteiger partial charge in [-0.25, -0.2) is 4.79 Å². The monoisotopic (exact) mass is 795 g/mol. The molecule has 1 saturated heterocycles. The van der Waals surface area contributed by atoms with Crippen LogP contribution in [0.2, 0.25) is 0 Å². The van der Waals surface area contributed by atoms with E-state index in [0.29, 0.717) is 49.3 Å². The summed E-state index contributed by atoms with van der Waals surface area (Å²) in [7, 11) is 0. The van der Waals surface area contributed by atoms with E-state index < -0.39 is 17.0 Å². The van der Waals surface area contributed by atoms with Gasteiger partial charge in [-0.1, -0.05) is 60.6 Å². The van der Waals surface area contributed by atoms with Gasteiger partial charge in [-0.15, -0.1) is 0 Å². The number of amides is 2. The summed E-state index contributed by atoms with van der Waals surface area (Å²) in [5.74, 6) is 1.56. The molecule has 5 aliphatic carbocycles. The van der Waals surface area contributed by atoms with Crippen molar-refractivity contribution in [1.29, 1.82) is 0 Å². The second-order valence-corrected chi connectivity index (χ2v) is 23.2. The van der Waals surface area contributed by atoms with Crippen LogP contribution in [-0.4, -0.2) is 65.3 Å². The molecule has 2 N–H and O–H groups in total. The quantitative estimate of drug-likeness (QED) is 0.176. The lowest BCUT2D eigenvalue weighted by atomic mass is 9.32. The normalized spacial score (nSPS) is 39.1. The van der Waals surface area contributed by atoms with Crippen molar-refractivity contribution in [3.8, 4) is 0 Å². The minimum absolute atomic E-state index is 0.00229. The lowest BCUT2D eigenvalue weighted by molar-refractivity contribution is -0.243. The largest absolute Gasteiger partial charge is 0.481 e. The number of rotatable bonds is 9. The predicted octanol–water partition coefficient (Wildman–Crippen LogP) is 10.2. The maximum Gasteiger partial charge on any atom is 0.410 e. The van der Waals surface area contributed by atoms with Crippen LogP contribution in [0.4, 0.5) is 4.79 Å². The van der Waals surface area contributed by atoms with Crippen LogP contribution >= 0.6 is 0 Å². The highest BCUT2D eigenvalue weighted by Gasteiger charge is 2.72. The molecule has 5 saturated carbocycles. The van der Waals surface area contributed by atoms with Gasteiger partial charge in [0, 0.05) is 19.1 Å². The number of ether oxygens (including phenoxy) is 2. The summed E-state index contributed by atoms with van der Waals surface area (Å²) < 4.78 is 11.6. The van der Waals surface area contributed by atoms with Crippen molar-refractivity contribution in [1.82, 2.24) is 10.2 Å². The van der Waals surface area contributed by atoms with Gasteiger partial charge in [-0.2, -0.15) is 0 Å². The van der Waals surface area contributed by atoms with Gasteiger partial charge in [-0.3, -0.25) is 14.4 Å². The van der Waals surface area contributed by atoms with E-state index >= 15 is 0 Å². The molecule has 1 heterocycles. The number of hydrogen-bond donors (Lipinski definition) is 2. The molecule has 0 aromatic carbocycles. The molecule has 0 bridgehead atoms. The predicted molar refractivity (Wildman–Crippen MR) is 223 cm³/mol. The zero-order chi connectivity index (χ0) is 42.1. The molecule has 322 valence electrons. The second kappa shape index (κ2) is 15.2. The fourth-order valence-corrected chi connectivity index (χ4v) is 14.9. The van der Waals surface area contributed by atoms with Crippen LogP contribution in [0, 0.1) is 68.0 Å². The van der Waals surface area contributed by atoms with Crippen LogP contribution in [0.15, 0.2) is 12.2 Å². The minimum atomic E-state index is -0.893. The fraction of sp³-hybridized carbons (Fsp3) is 0.875. The summed E-state index contributed by atoms with van der Waals surface area (Å²) in [5.41, 5.74) is 0.154. The van der Waals surface area contributed by atoms with Gasteiger partial charge in [0.2, 0.25) is 5.91 Å². The number of aliphatic carboxylic acids is 1. The van der Waals surface area contributed by atoms with Gasteiger partial charge in [0.15, 0.2) is 0 Å². The highest BCUT2D eigenvalue weighted by atomic mass is 16.6. The van der Waals surface area contributed by atoms with Crippen LogP contribution in [0.1, 0.15) is 166 Å². The number of allylic oxidation sites excluding steroid dienone is 1. The van der Waals surface area contributed by atoms with Crippen molar-refractivity contribution >= 4 is 23.9 Å². The maximum absolute atomic E-state index is 14.8. The summed E-state index contributed by atoms with van der Waals surface area (Å²) in [6.45, 7) is 30.4. The summed E-state index contributed by atoms with van der Waals surface area (Å²) in [5, 5.41) is 12.9. The fourth-order valence-electron chi connectivity index (χ4n) is 14.9. The highest BCUT2D eigenvalue weighted by molar-refractivity contribution is 5.84. The molecule has 9 heteroatoms. The Labute approximate surface area is 344 Å². The van der Waals surface area contributed by atoms with E-state index in [9.17, 15) is 24.3 Å². The topological polar surface area (TPSA) is 122 Å². The van der Waals surface area contributed by atoms with Crippen molar-refractivity contribution < 1.29 is 33.8 Å². The Bertz CT molecular complexity index is 1590. The number of nitrogens with one attached hydrogen (secondary N) is 1. The molecule has 0 aromatic heterocycles. The first-order chi connectivity index (χ1) is 26.3. The van der Waals surface area contributed by atoms with Gasteiger partial charge >= 0.3 is 18.0 Å². The van der Waals surface area contributed by atoms with Gasteiger partial charge in [-0.05, 0) is 167 Å². The highest BCUT2D eigenvalue weighted by Crippen LogP contribution is 2.78. The van der Waals surface area contributed by atoms with Crippen molar-refractivity contribution in [2.24, 2.45) is 68.0 Å². The molecule has 6 fully saturated rings. The number of hydrogen-bond acceptors (Lipinski definition) is 6. The molecule has 6 rings (SSSR count). The van der Waals surface area contributed by atoms with Crippen molar-refractivity contribution in [2.45, 2.75) is 178 Å². The number of piperidine rings is 1. The van der Waals surface area contributed by atoms with E-state index in [1.165, 1.54) is 18.4 Å². The Morgan fingerprint density at radius 3 is 2.07 bits per heavy atom. The summed E-state index contributed by atoms with van der Waals surface area (Å²) in [6.07, 6.45) is 12.1. The van der Waals surface area contributed by atoms with E-state index in [0.717, 1.165) is 64.2 Å². The first kappa shape index (κ1) is 44.0. The first-order valence-electron chi connectivity index (χ1n) is 22.6. The Morgan fingerprint density at radius 1 is 0.789 bits per heavy atom. The van der Waals surface area contributed by atoms with E-state index in [1.807, 2.05) is 34.6 Å². The SMILES string of the molecule is C=C(C)[C@@H]1CC[C@]2(C(=O)NC3CCN(C(=O)OC(C)(C)C)CC3)CC[C@]3(C)[C@H](CC[C@@H]4[C@@]5(C)CCC(COC(=O)CC(C)(C)CC(=O)O)C(C)(C)[C@@H]5CC[C@]43C)[C@@H]12.